The van der Waals surface area contributed by atoms with Crippen molar-refractivity contribution in [2.24, 2.45) is 5.92 Å². The summed E-state index contributed by atoms with van der Waals surface area (Å²) in [5, 5.41) is 3.49. The van der Waals surface area contributed by atoms with Crippen molar-refractivity contribution in [2.75, 3.05) is 31.3 Å². The first-order valence-corrected chi connectivity index (χ1v) is 7.71. The van der Waals surface area contributed by atoms with E-state index in [0.29, 0.717) is 6.04 Å². The predicted octanol–water partition coefficient (Wildman–Crippen LogP) is 3.17. The molecule has 0 amide bonds. The van der Waals surface area contributed by atoms with Crippen LogP contribution in [0.2, 0.25) is 0 Å². The fraction of sp³-hybridized carbons (Fsp3) is 1.00. The van der Waals surface area contributed by atoms with Crippen molar-refractivity contribution in [3.8, 4) is 0 Å². The zero-order valence-corrected chi connectivity index (χ0v) is 12.2. The van der Waals surface area contributed by atoms with E-state index in [4.69, 9.17) is 4.74 Å². The van der Waals surface area contributed by atoms with Gasteiger partial charge in [0, 0.05) is 19.2 Å². The molecule has 0 aliphatic carbocycles. The van der Waals surface area contributed by atoms with Gasteiger partial charge in [0.25, 0.3) is 0 Å². The number of ether oxygens (including phenoxy) is 1. The highest BCUT2D eigenvalue weighted by molar-refractivity contribution is 7.99. The van der Waals surface area contributed by atoms with Crippen LogP contribution in [-0.2, 0) is 4.74 Å². The van der Waals surface area contributed by atoms with Gasteiger partial charge in [0.15, 0.2) is 0 Å². The summed E-state index contributed by atoms with van der Waals surface area (Å²) >= 11 is 2.02. The molecule has 16 heavy (non-hydrogen) atoms. The third-order valence-electron chi connectivity index (χ3n) is 2.48. The van der Waals surface area contributed by atoms with Crippen molar-refractivity contribution in [1.29, 1.82) is 0 Å². The number of nitrogens with one attached hydrogen (secondary N) is 1. The highest BCUT2D eigenvalue weighted by atomic mass is 32.2. The van der Waals surface area contributed by atoms with Crippen molar-refractivity contribution >= 4 is 11.8 Å². The molecule has 3 heteroatoms. The van der Waals surface area contributed by atoms with E-state index in [1.165, 1.54) is 24.3 Å². The quantitative estimate of drug-likeness (QED) is 0.567. The zero-order chi connectivity index (χ0) is 12.2. The molecule has 0 bridgehead atoms. The van der Waals surface area contributed by atoms with Gasteiger partial charge >= 0.3 is 0 Å². The number of thioether (sulfide) groups is 1. The van der Waals surface area contributed by atoms with Crippen molar-refractivity contribution in [3.05, 3.63) is 0 Å². The molecule has 0 aliphatic heterocycles. The van der Waals surface area contributed by atoms with Crippen LogP contribution in [0.3, 0.4) is 0 Å². The molecule has 0 aliphatic rings. The topological polar surface area (TPSA) is 21.3 Å². The normalized spacial score (nSPS) is 13.3. The van der Waals surface area contributed by atoms with E-state index >= 15 is 0 Å². The van der Waals surface area contributed by atoms with Crippen LogP contribution in [-0.4, -0.2) is 37.3 Å². The minimum atomic E-state index is 0.618. The molecule has 1 atom stereocenters. The van der Waals surface area contributed by atoms with Gasteiger partial charge in [-0.3, -0.25) is 0 Å². The lowest BCUT2D eigenvalue weighted by atomic mass is 10.1. The molecular weight excluding hydrogens is 218 g/mol. The van der Waals surface area contributed by atoms with E-state index in [1.807, 2.05) is 11.8 Å². The second kappa shape index (κ2) is 11.7. The van der Waals surface area contributed by atoms with Gasteiger partial charge in [0.05, 0.1) is 6.61 Å². The molecule has 0 rings (SSSR count). The summed E-state index contributed by atoms with van der Waals surface area (Å²) in [7, 11) is 0. The summed E-state index contributed by atoms with van der Waals surface area (Å²) in [5.41, 5.74) is 0. The maximum absolute atomic E-state index is 5.55. The summed E-state index contributed by atoms with van der Waals surface area (Å²) in [4.78, 5) is 0. The lowest BCUT2D eigenvalue weighted by molar-refractivity contribution is 0.123. The fourth-order valence-electron chi connectivity index (χ4n) is 1.31. The van der Waals surface area contributed by atoms with Gasteiger partial charge < -0.3 is 10.1 Å². The molecule has 2 nitrogen and oxygen atoms in total. The first-order chi connectivity index (χ1) is 7.66. The summed E-state index contributed by atoms with van der Waals surface area (Å²) in [6, 6.07) is 0.618. The van der Waals surface area contributed by atoms with Gasteiger partial charge in [-0.2, -0.15) is 11.8 Å². The van der Waals surface area contributed by atoms with E-state index in [0.717, 1.165) is 25.7 Å². The second-order valence-corrected chi connectivity index (χ2v) is 6.03. The molecule has 1 unspecified atom stereocenters. The molecule has 0 spiro atoms. The largest absolute Gasteiger partial charge is 0.380 e. The van der Waals surface area contributed by atoms with Crippen LogP contribution in [0.5, 0.6) is 0 Å². The Bertz CT molecular complexity index is 142. The maximum atomic E-state index is 5.55. The molecule has 0 saturated carbocycles. The molecule has 0 aromatic rings. The average Bonchev–Trinajstić information content (AvgIpc) is 2.23. The van der Waals surface area contributed by atoms with Crippen LogP contribution in [0, 0.1) is 5.92 Å². The van der Waals surface area contributed by atoms with E-state index in [2.05, 4.69) is 33.0 Å². The molecule has 0 fully saturated rings. The van der Waals surface area contributed by atoms with Gasteiger partial charge in [-0.15, -0.1) is 0 Å². The number of hydrogen-bond donors (Lipinski definition) is 1. The van der Waals surface area contributed by atoms with Crippen LogP contribution >= 0.6 is 11.8 Å². The Morgan fingerprint density at radius 3 is 2.50 bits per heavy atom. The standard InChI is InChI=1S/C13H29NOS/c1-5-16-11-7-13(4)14-8-10-15-9-6-12(2)3/h12-14H,5-11H2,1-4H3. The summed E-state index contributed by atoms with van der Waals surface area (Å²) < 4.78 is 5.55. The smallest absolute Gasteiger partial charge is 0.0591 e. The highest BCUT2D eigenvalue weighted by Gasteiger charge is 2.00. The Kier molecular flexibility index (Phi) is 11.9. The molecule has 1 N–H and O–H groups in total. The Labute approximate surface area is 106 Å². The van der Waals surface area contributed by atoms with Crippen molar-refractivity contribution in [3.63, 3.8) is 0 Å². The predicted molar refractivity (Wildman–Crippen MR) is 75.4 cm³/mol. The van der Waals surface area contributed by atoms with E-state index in [9.17, 15) is 0 Å². The van der Waals surface area contributed by atoms with Gasteiger partial charge in [0.2, 0.25) is 0 Å². The van der Waals surface area contributed by atoms with Gasteiger partial charge in [-0.1, -0.05) is 20.8 Å². The third kappa shape index (κ3) is 12.3. The van der Waals surface area contributed by atoms with Crippen molar-refractivity contribution in [1.82, 2.24) is 5.32 Å². The first kappa shape index (κ1) is 16.3. The van der Waals surface area contributed by atoms with Crippen LogP contribution in [0.4, 0.5) is 0 Å². The number of hydrogen-bond acceptors (Lipinski definition) is 3. The lowest BCUT2D eigenvalue weighted by Gasteiger charge is -2.13. The van der Waals surface area contributed by atoms with E-state index in [-0.39, 0.29) is 0 Å². The van der Waals surface area contributed by atoms with Gasteiger partial charge in [0.1, 0.15) is 0 Å². The summed E-state index contributed by atoms with van der Waals surface area (Å²) in [6.45, 7) is 11.7. The monoisotopic (exact) mass is 247 g/mol. The first-order valence-electron chi connectivity index (χ1n) is 6.55. The highest BCUT2D eigenvalue weighted by Crippen LogP contribution is 2.03. The molecule has 0 radical (unpaired) electrons. The molecule has 0 saturated heterocycles. The van der Waals surface area contributed by atoms with E-state index in [1.54, 1.807) is 0 Å². The minimum absolute atomic E-state index is 0.618. The molecule has 0 heterocycles. The Morgan fingerprint density at radius 2 is 1.88 bits per heavy atom. The van der Waals surface area contributed by atoms with Gasteiger partial charge in [-0.05, 0) is 37.2 Å². The molecule has 0 aromatic carbocycles. The SMILES string of the molecule is CCSCCC(C)NCCOCCC(C)C. The van der Waals surface area contributed by atoms with Crippen LogP contribution in [0.15, 0.2) is 0 Å². The third-order valence-corrected chi connectivity index (χ3v) is 3.41. The van der Waals surface area contributed by atoms with E-state index < -0.39 is 0 Å². The number of rotatable bonds is 11. The fourth-order valence-corrected chi connectivity index (χ4v) is 2.11. The summed E-state index contributed by atoms with van der Waals surface area (Å²) in [5.74, 6) is 3.24. The van der Waals surface area contributed by atoms with Gasteiger partial charge in [-0.25, -0.2) is 0 Å². The lowest BCUT2D eigenvalue weighted by Crippen LogP contribution is -2.30. The van der Waals surface area contributed by atoms with Crippen molar-refractivity contribution in [2.45, 2.75) is 46.6 Å². The Morgan fingerprint density at radius 1 is 1.12 bits per heavy atom. The zero-order valence-electron chi connectivity index (χ0n) is 11.4. The second-order valence-electron chi connectivity index (χ2n) is 4.64. The Balaban J connectivity index is 3.12. The van der Waals surface area contributed by atoms with Crippen molar-refractivity contribution < 1.29 is 4.74 Å². The minimum Gasteiger partial charge on any atom is -0.380 e. The molecule has 98 valence electrons. The van der Waals surface area contributed by atoms with Crippen LogP contribution in [0.1, 0.15) is 40.5 Å². The molecular formula is C13H29NOS. The van der Waals surface area contributed by atoms with Crippen LogP contribution in [0.25, 0.3) is 0 Å². The average molecular weight is 247 g/mol. The van der Waals surface area contributed by atoms with Crippen LogP contribution < -0.4 is 5.32 Å². The summed E-state index contributed by atoms with van der Waals surface area (Å²) in [6.07, 6.45) is 2.42. The maximum Gasteiger partial charge on any atom is 0.0591 e. The Hall–Kier alpha value is 0.270. The molecule has 0 aromatic heterocycles.